The zero-order valence-corrected chi connectivity index (χ0v) is 4.31. The quantitative estimate of drug-likeness (QED) is 0.425. The summed E-state index contributed by atoms with van der Waals surface area (Å²) in [5.74, 6) is 0. The maximum atomic E-state index is 2.00. The van der Waals surface area contributed by atoms with E-state index in [1.807, 2.05) is 38.2 Å². The molecule has 0 spiro atoms. The van der Waals surface area contributed by atoms with Crippen LogP contribution < -0.4 is 0 Å². The summed E-state index contributed by atoms with van der Waals surface area (Å²) in [6.45, 7) is 4.00. The third-order valence-electron chi connectivity index (χ3n) is 0.496. The fourth-order valence-electron chi connectivity index (χ4n) is 0.222. The minimum absolute atomic E-state index is 2.00. The Labute approximate surface area is 39.2 Å². The fraction of sp³-hybridized carbons (Fsp3) is 0.333. The normalized spacial score (nSPS) is 11.7. The molecule has 0 rings (SSSR count). The molecule has 0 radical (unpaired) electrons. The first-order chi connectivity index (χ1) is 2.91. The summed E-state index contributed by atoms with van der Waals surface area (Å²) in [7, 11) is 0. The molecule has 0 heteroatoms. The van der Waals surface area contributed by atoms with Gasteiger partial charge in [-0.05, 0) is 13.8 Å². The predicted molar refractivity (Wildman–Crippen MR) is 29.6 cm³/mol. The van der Waals surface area contributed by atoms with Crippen LogP contribution in [-0.4, -0.2) is 0 Å². The van der Waals surface area contributed by atoms with Gasteiger partial charge in [0, 0.05) is 0 Å². The van der Waals surface area contributed by atoms with Crippen LogP contribution >= 0.6 is 0 Å². The lowest BCUT2D eigenvalue weighted by atomic mass is 10.5. The Morgan fingerprint density at radius 3 is 1.33 bits per heavy atom. The highest BCUT2D eigenvalue weighted by Gasteiger charge is 1.48. The van der Waals surface area contributed by atoms with Crippen LogP contribution in [0.15, 0.2) is 24.3 Å². The van der Waals surface area contributed by atoms with Crippen molar-refractivity contribution >= 4 is 0 Å². The lowest BCUT2D eigenvalue weighted by Crippen LogP contribution is -1.40. The molecule has 0 heterocycles. The van der Waals surface area contributed by atoms with E-state index in [-0.39, 0.29) is 0 Å². The number of allylic oxidation sites excluding steroid dienone is 4. The topological polar surface area (TPSA) is 0 Å². The van der Waals surface area contributed by atoms with Gasteiger partial charge in [-0.3, -0.25) is 0 Å². The molecule has 0 unspecified atom stereocenters. The summed E-state index contributed by atoms with van der Waals surface area (Å²) in [6.07, 6.45) is 8.00. The molecule has 0 aliphatic heterocycles. The minimum atomic E-state index is 2.00. The molecule has 34 valence electrons. The monoisotopic (exact) mass is 82.1 g/mol. The van der Waals surface area contributed by atoms with Crippen LogP contribution in [0.25, 0.3) is 0 Å². The Bertz CT molecular complexity index is 48.4. The van der Waals surface area contributed by atoms with Gasteiger partial charge in [0.15, 0.2) is 0 Å². The molecule has 0 saturated carbocycles. The van der Waals surface area contributed by atoms with Gasteiger partial charge >= 0.3 is 0 Å². The van der Waals surface area contributed by atoms with Gasteiger partial charge in [-0.1, -0.05) is 24.3 Å². The molecule has 0 aromatic rings. The van der Waals surface area contributed by atoms with Crippen molar-refractivity contribution in [2.75, 3.05) is 0 Å². The average Bonchev–Trinajstić information content (AvgIpc) is 1.61. The van der Waals surface area contributed by atoms with Gasteiger partial charge in [0.2, 0.25) is 0 Å². The third kappa shape index (κ3) is 3.48. The summed E-state index contributed by atoms with van der Waals surface area (Å²) in [5, 5.41) is 0. The Hall–Kier alpha value is -0.520. The number of hydrogen-bond donors (Lipinski definition) is 0. The van der Waals surface area contributed by atoms with Crippen molar-refractivity contribution in [3.63, 3.8) is 0 Å². The Kier molecular flexibility index (Phi) is 4.09. The number of rotatable bonds is 1. The van der Waals surface area contributed by atoms with Gasteiger partial charge in [-0.2, -0.15) is 0 Å². The second-order valence-electron chi connectivity index (χ2n) is 1.05. The predicted octanol–water partition coefficient (Wildman–Crippen LogP) is 2.14. The summed E-state index contributed by atoms with van der Waals surface area (Å²) >= 11 is 0. The van der Waals surface area contributed by atoms with Crippen LogP contribution in [0.4, 0.5) is 0 Å². The molecule has 6 heavy (non-hydrogen) atoms. The smallest absolute Gasteiger partial charge is 0.0467 e. The molecule has 0 aromatic heterocycles. The van der Waals surface area contributed by atoms with E-state index < -0.39 is 0 Å². The molecule has 0 fully saturated rings. The van der Waals surface area contributed by atoms with Crippen LogP contribution in [0.1, 0.15) is 13.8 Å². The first kappa shape index (κ1) is 5.48. The molecule has 0 aliphatic rings. The molecule has 0 N–H and O–H groups in total. The molecule has 0 aromatic carbocycles. The maximum Gasteiger partial charge on any atom is -0.0467 e. The fourth-order valence-corrected chi connectivity index (χ4v) is 0.222. The molecule has 0 aliphatic carbocycles. The summed E-state index contributed by atoms with van der Waals surface area (Å²) in [4.78, 5) is 0. The summed E-state index contributed by atoms with van der Waals surface area (Å²) in [6, 6.07) is 0. The van der Waals surface area contributed by atoms with Gasteiger partial charge < -0.3 is 0 Å². The van der Waals surface area contributed by atoms with Crippen LogP contribution in [-0.2, 0) is 0 Å². The van der Waals surface area contributed by atoms with E-state index in [1.165, 1.54) is 0 Å². The van der Waals surface area contributed by atoms with Crippen molar-refractivity contribution in [2.45, 2.75) is 13.8 Å². The van der Waals surface area contributed by atoms with Crippen molar-refractivity contribution in [1.82, 2.24) is 0 Å². The molecule has 0 bridgehead atoms. The minimum Gasteiger partial charge on any atom is -0.0877 e. The zero-order chi connectivity index (χ0) is 4.83. The van der Waals surface area contributed by atoms with Gasteiger partial charge in [-0.15, -0.1) is 0 Å². The van der Waals surface area contributed by atoms with Gasteiger partial charge in [0.25, 0.3) is 0 Å². The van der Waals surface area contributed by atoms with Gasteiger partial charge in [0.1, 0.15) is 0 Å². The van der Waals surface area contributed by atoms with Crippen molar-refractivity contribution in [2.24, 2.45) is 0 Å². The lowest BCUT2D eigenvalue weighted by molar-refractivity contribution is 1.69. The van der Waals surface area contributed by atoms with E-state index in [9.17, 15) is 0 Å². The van der Waals surface area contributed by atoms with E-state index in [0.717, 1.165) is 0 Å². The third-order valence-corrected chi connectivity index (χ3v) is 0.496. The second-order valence-corrected chi connectivity index (χ2v) is 1.05. The zero-order valence-electron chi connectivity index (χ0n) is 4.31. The Balaban J connectivity index is 3.07. The van der Waals surface area contributed by atoms with Crippen LogP contribution in [0.2, 0.25) is 0 Å². The largest absolute Gasteiger partial charge is 0.0877 e. The van der Waals surface area contributed by atoms with Crippen molar-refractivity contribution in [1.29, 1.82) is 0 Å². The van der Waals surface area contributed by atoms with Crippen LogP contribution in [0, 0.1) is 0 Å². The lowest BCUT2D eigenvalue weighted by Gasteiger charge is -1.62. The SMILES string of the molecule is C/C=C\C=C/C. The molecule has 0 atom stereocenters. The summed E-state index contributed by atoms with van der Waals surface area (Å²) < 4.78 is 0. The highest BCUT2D eigenvalue weighted by Crippen LogP contribution is 1.71. The highest BCUT2D eigenvalue weighted by molar-refractivity contribution is 4.98. The standard InChI is InChI=1S/C6H10/c1-3-5-6-4-2/h3-6H,1-2H3/b5-3-,6-4-. The maximum absolute atomic E-state index is 2.00. The van der Waals surface area contributed by atoms with Crippen LogP contribution in [0.5, 0.6) is 0 Å². The van der Waals surface area contributed by atoms with E-state index in [0.29, 0.717) is 0 Å². The van der Waals surface area contributed by atoms with E-state index in [2.05, 4.69) is 0 Å². The molecule has 0 amide bonds. The number of hydrogen-bond acceptors (Lipinski definition) is 0. The highest BCUT2D eigenvalue weighted by atomic mass is 13.6. The second kappa shape index (κ2) is 4.48. The van der Waals surface area contributed by atoms with Crippen molar-refractivity contribution in [3.05, 3.63) is 24.3 Å². The van der Waals surface area contributed by atoms with E-state index in [1.54, 1.807) is 0 Å². The molecule has 0 saturated heterocycles. The van der Waals surface area contributed by atoms with E-state index >= 15 is 0 Å². The van der Waals surface area contributed by atoms with E-state index in [4.69, 9.17) is 0 Å². The summed E-state index contributed by atoms with van der Waals surface area (Å²) in [5.41, 5.74) is 0. The van der Waals surface area contributed by atoms with Crippen molar-refractivity contribution in [3.8, 4) is 0 Å². The molecular weight excluding hydrogens is 72.1 g/mol. The Morgan fingerprint density at radius 2 is 1.17 bits per heavy atom. The van der Waals surface area contributed by atoms with Gasteiger partial charge in [0.05, 0.1) is 0 Å². The van der Waals surface area contributed by atoms with Crippen LogP contribution in [0.3, 0.4) is 0 Å². The molecule has 0 nitrogen and oxygen atoms in total. The molecular formula is C6H10. The van der Waals surface area contributed by atoms with Crippen molar-refractivity contribution < 1.29 is 0 Å². The Morgan fingerprint density at radius 1 is 0.833 bits per heavy atom. The van der Waals surface area contributed by atoms with Gasteiger partial charge in [-0.25, -0.2) is 0 Å². The first-order valence-corrected chi connectivity index (χ1v) is 2.15. The first-order valence-electron chi connectivity index (χ1n) is 2.15. The average molecular weight is 82.1 g/mol.